The molecule has 3 amide bonds. The summed E-state index contributed by atoms with van der Waals surface area (Å²) in [6.07, 6.45) is 48.1. The van der Waals surface area contributed by atoms with Crippen molar-refractivity contribution in [1.82, 2.24) is 25.8 Å². The number of aliphatic hydroxyl groups is 1. The lowest BCUT2D eigenvalue weighted by atomic mass is 10.1. The maximum absolute atomic E-state index is 12.9. The normalized spacial score (nSPS) is 11.5. The van der Waals surface area contributed by atoms with Gasteiger partial charge in [-0.15, -0.1) is 0 Å². The highest BCUT2D eigenvalue weighted by Crippen LogP contribution is 2.14. The average molecular weight is 907 g/mol. The summed E-state index contributed by atoms with van der Waals surface area (Å²) in [6, 6.07) is 0. The minimum atomic E-state index is 0.0313. The van der Waals surface area contributed by atoms with Crippen LogP contribution < -0.4 is 16.0 Å². The van der Waals surface area contributed by atoms with Gasteiger partial charge in [0.1, 0.15) is 0 Å². The summed E-state index contributed by atoms with van der Waals surface area (Å²) in [4.78, 5) is 42.8. The molecule has 0 aliphatic rings. The van der Waals surface area contributed by atoms with Crippen molar-refractivity contribution < 1.29 is 19.5 Å². The molecule has 0 rings (SSSR count). The number of hydrogen-bond donors (Lipinski definition) is 4. The van der Waals surface area contributed by atoms with E-state index in [1.165, 1.54) is 193 Å². The van der Waals surface area contributed by atoms with Crippen LogP contribution in [0.4, 0.5) is 0 Å². The molecule has 0 aromatic rings. The highest BCUT2D eigenvalue weighted by molar-refractivity contribution is 5.77. The Kier molecular flexibility index (Phi) is 50.9. The predicted octanol–water partition coefficient (Wildman–Crippen LogP) is 13.2. The number of rotatable bonds is 53. The van der Waals surface area contributed by atoms with Crippen LogP contribution in [-0.4, -0.2) is 98.1 Å². The van der Waals surface area contributed by atoms with Crippen molar-refractivity contribution in [2.45, 2.75) is 271 Å². The van der Waals surface area contributed by atoms with Crippen molar-refractivity contribution in [2.75, 3.05) is 65.5 Å². The van der Waals surface area contributed by atoms with Gasteiger partial charge in [-0.1, -0.05) is 233 Å². The van der Waals surface area contributed by atoms with Gasteiger partial charge >= 0.3 is 0 Å². The molecule has 380 valence electrons. The maximum atomic E-state index is 12.9. The fourth-order valence-electron chi connectivity index (χ4n) is 8.72. The molecule has 0 aliphatic carbocycles. The Labute approximate surface area is 398 Å². The number of aliphatic hydroxyl groups excluding tert-OH is 1. The fraction of sp³-hybridized carbons (Fsp3) is 0.945. The first-order valence-corrected chi connectivity index (χ1v) is 28.3. The molecular formula is C55H111N5O4. The number of hydrogen-bond acceptors (Lipinski definition) is 6. The van der Waals surface area contributed by atoms with E-state index in [0.29, 0.717) is 58.5 Å². The lowest BCUT2D eigenvalue weighted by Gasteiger charge is -2.27. The van der Waals surface area contributed by atoms with E-state index in [1.807, 2.05) is 0 Å². The van der Waals surface area contributed by atoms with Crippen molar-refractivity contribution in [3.05, 3.63) is 0 Å². The number of carbonyl (C=O) groups is 3. The third-order valence-electron chi connectivity index (χ3n) is 13.2. The Bertz CT molecular complexity index is 938. The zero-order chi connectivity index (χ0) is 46.7. The molecule has 0 bridgehead atoms. The number of unbranched alkanes of at least 4 members (excludes halogenated alkanes) is 33. The number of carbonyl (C=O) groups excluding carboxylic acids is 3. The summed E-state index contributed by atoms with van der Waals surface area (Å²) < 4.78 is 0. The molecule has 0 spiro atoms. The van der Waals surface area contributed by atoms with Crippen LogP contribution in [0.3, 0.4) is 0 Å². The zero-order valence-corrected chi connectivity index (χ0v) is 43.2. The van der Waals surface area contributed by atoms with Gasteiger partial charge < -0.3 is 26.0 Å². The van der Waals surface area contributed by atoms with Crippen molar-refractivity contribution in [1.29, 1.82) is 0 Å². The summed E-state index contributed by atoms with van der Waals surface area (Å²) in [5.41, 5.74) is 0. The summed E-state index contributed by atoms with van der Waals surface area (Å²) >= 11 is 0. The van der Waals surface area contributed by atoms with Gasteiger partial charge in [0.15, 0.2) is 0 Å². The van der Waals surface area contributed by atoms with Crippen LogP contribution in [0, 0.1) is 0 Å². The average Bonchev–Trinajstić information content (AvgIpc) is 3.29. The number of amides is 3. The number of nitrogens with zero attached hydrogens (tertiary/aromatic N) is 2. The smallest absolute Gasteiger partial charge is 0.221 e. The Morgan fingerprint density at radius 1 is 0.297 bits per heavy atom. The summed E-state index contributed by atoms with van der Waals surface area (Å²) in [7, 11) is 0. The lowest BCUT2D eigenvalue weighted by molar-refractivity contribution is -0.122. The molecule has 0 unspecified atom stereocenters. The minimum Gasteiger partial charge on any atom is -0.395 e. The van der Waals surface area contributed by atoms with Gasteiger partial charge in [0.25, 0.3) is 0 Å². The van der Waals surface area contributed by atoms with E-state index in [0.717, 1.165) is 58.2 Å². The molecule has 0 aromatic carbocycles. The molecule has 0 atom stereocenters. The van der Waals surface area contributed by atoms with Gasteiger partial charge in [-0.2, -0.15) is 0 Å². The summed E-state index contributed by atoms with van der Waals surface area (Å²) in [5, 5.41) is 19.2. The molecule has 4 N–H and O–H groups in total. The molecule has 0 aromatic heterocycles. The van der Waals surface area contributed by atoms with Crippen LogP contribution in [0.1, 0.15) is 271 Å². The first-order valence-electron chi connectivity index (χ1n) is 28.3. The van der Waals surface area contributed by atoms with Gasteiger partial charge in [-0.05, 0) is 19.3 Å². The van der Waals surface area contributed by atoms with E-state index in [4.69, 9.17) is 0 Å². The molecule has 0 aliphatic heterocycles. The Morgan fingerprint density at radius 3 is 0.719 bits per heavy atom. The predicted molar refractivity (Wildman–Crippen MR) is 276 cm³/mol. The first kappa shape index (κ1) is 62.3. The topological polar surface area (TPSA) is 114 Å². The van der Waals surface area contributed by atoms with Gasteiger partial charge in [0.2, 0.25) is 17.7 Å². The van der Waals surface area contributed by atoms with Gasteiger partial charge in [0.05, 0.1) is 6.61 Å². The van der Waals surface area contributed by atoms with Crippen LogP contribution in [0.25, 0.3) is 0 Å². The molecule has 0 saturated heterocycles. The Hall–Kier alpha value is -1.71. The van der Waals surface area contributed by atoms with Crippen LogP contribution in [0.2, 0.25) is 0 Å². The third-order valence-corrected chi connectivity index (χ3v) is 13.2. The van der Waals surface area contributed by atoms with E-state index < -0.39 is 0 Å². The van der Waals surface area contributed by atoms with Crippen molar-refractivity contribution in [3.63, 3.8) is 0 Å². The monoisotopic (exact) mass is 906 g/mol. The second-order valence-corrected chi connectivity index (χ2v) is 19.4. The second kappa shape index (κ2) is 52.3. The quantitative estimate of drug-likeness (QED) is 0.0452. The molecule has 0 saturated carbocycles. The Balaban J connectivity index is 4.58. The molecule has 9 heteroatoms. The highest BCUT2D eigenvalue weighted by Gasteiger charge is 2.14. The fourth-order valence-corrected chi connectivity index (χ4v) is 8.72. The van der Waals surface area contributed by atoms with Gasteiger partial charge in [-0.3, -0.25) is 19.3 Å². The largest absolute Gasteiger partial charge is 0.395 e. The van der Waals surface area contributed by atoms with Crippen molar-refractivity contribution >= 4 is 17.7 Å². The highest BCUT2D eigenvalue weighted by atomic mass is 16.3. The van der Waals surface area contributed by atoms with E-state index in [-0.39, 0.29) is 24.3 Å². The van der Waals surface area contributed by atoms with Crippen LogP contribution in [0.15, 0.2) is 0 Å². The van der Waals surface area contributed by atoms with Crippen LogP contribution in [0.5, 0.6) is 0 Å². The SMILES string of the molecule is CCCCCCCCCCCCCCNC(=O)CCN(CCO)CCN(CCC(=O)NCCCCCCCCCCCCCC)CCC(=O)NCCCCCCCCCCCCCC. The van der Waals surface area contributed by atoms with Crippen molar-refractivity contribution in [2.24, 2.45) is 0 Å². The first-order chi connectivity index (χ1) is 31.5. The minimum absolute atomic E-state index is 0.0313. The van der Waals surface area contributed by atoms with E-state index in [9.17, 15) is 19.5 Å². The molecule has 64 heavy (non-hydrogen) atoms. The molecular weight excluding hydrogens is 795 g/mol. The molecule has 9 nitrogen and oxygen atoms in total. The Morgan fingerprint density at radius 2 is 0.500 bits per heavy atom. The third kappa shape index (κ3) is 48.2. The lowest BCUT2D eigenvalue weighted by Crippen LogP contribution is -2.41. The maximum Gasteiger partial charge on any atom is 0.221 e. The summed E-state index contributed by atoms with van der Waals surface area (Å²) in [5.74, 6) is 0.209. The molecule has 0 fully saturated rings. The zero-order valence-electron chi connectivity index (χ0n) is 43.2. The standard InChI is InChI=1S/C55H111N5O4/c1-4-7-10-13-16-19-22-25-28-31-34-37-43-56-53(62)40-46-59(47-41-54(63)57-44-38-35-32-29-26-23-20-17-14-11-8-5-2)49-50-60(51-52-61)48-42-55(64)58-45-39-36-33-30-27-24-21-18-15-12-9-6-3/h61H,4-52H2,1-3H3,(H,56,62)(H,57,63)(H,58,64). The summed E-state index contributed by atoms with van der Waals surface area (Å²) in [6.45, 7) is 12.6. The number of nitrogens with one attached hydrogen (secondary N) is 3. The molecule has 0 radical (unpaired) electrons. The second-order valence-electron chi connectivity index (χ2n) is 19.4. The van der Waals surface area contributed by atoms with Gasteiger partial charge in [0, 0.05) is 78.2 Å². The van der Waals surface area contributed by atoms with Gasteiger partial charge in [-0.25, -0.2) is 0 Å². The molecule has 0 heterocycles. The van der Waals surface area contributed by atoms with Crippen LogP contribution in [-0.2, 0) is 14.4 Å². The van der Waals surface area contributed by atoms with E-state index in [2.05, 4.69) is 46.5 Å². The van der Waals surface area contributed by atoms with E-state index >= 15 is 0 Å². The van der Waals surface area contributed by atoms with E-state index in [1.54, 1.807) is 0 Å². The van der Waals surface area contributed by atoms with Crippen LogP contribution >= 0.6 is 0 Å². The van der Waals surface area contributed by atoms with Crippen molar-refractivity contribution in [3.8, 4) is 0 Å².